The summed E-state index contributed by atoms with van der Waals surface area (Å²) in [6.45, 7) is 32.0. The first-order valence-electron chi connectivity index (χ1n) is 49.2. The molecule has 0 saturated heterocycles. The van der Waals surface area contributed by atoms with Crippen LogP contribution >= 0.6 is 0 Å². The SMILES string of the molecule is CC.CC.CC.CC.CC.CC.CC.CC.c1ccc(-c2cccc(-c3ccc(-c4ccccc4-c4ccccc4)cc3)c2)cc1.c1ccc(-c2cccc(-c3cccc(-c4ccccc4-c4ccccc4)c3)c2)cc1.c1ccc(-c2ccccc2-c2ccc(-c3ccccc3-c3ccccc3)cc2)cc1.c1ccc(-c2ccccc2-c2cccc(-c3ccccc3-c3ccccc3)c2)cc1. The Labute approximate surface area is 816 Å². The van der Waals surface area contributed by atoms with Crippen LogP contribution in [-0.2, 0) is 0 Å². The first kappa shape index (κ1) is 104. The van der Waals surface area contributed by atoms with Crippen molar-refractivity contribution >= 4 is 0 Å². The predicted molar refractivity (Wildman–Crippen MR) is 604 cm³/mol. The van der Waals surface area contributed by atoms with Gasteiger partial charge in [0.05, 0.1) is 0 Å². The molecule has 0 amide bonds. The van der Waals surface area contributed by atoms with Gasteiger partial charge in [-0.2, -0.15) is 0 Å². The van der Waals surface area contributed by atoms with E-state index < -0.39 is 0 Å². The molecule has 0 bridgehead atoms. The average molecular weight is 1770 g/mol. The minimum absolute atomic E-state index is 1.23. The third-order valence-electron chi connectivity index (χ3n) is 22.0. The van der Waals surface area contributed by atoms with Crippen LogP contribution in [0.15, 0.2) is 534 Å². The number of hydrogen-bond donors (Lipinski definition) is 0. The van der Waals surface area contributed by atoms with Gasteiger partial charge in [-0.15, -0.1) is 0 Å². The molecule has 136 heavy (non-hydrogen) atoms. The van der Waals surface area contributed by atoms with Crippen molar-refractivity contribution in [2.75, 3.05) is 0 Å². The van der Waals surface area contributed by atoms with Crippen LogP contribution in [0.4, 0.5) is 0 Å². The van der Waals surface area contributed by atoms with Gasteiger partial charge in [-0.25, -0.2) is 0 Å². The van der Waals surface area contributed by atoms with Crippen LogP contribution in [-0.4, -0.2) is 0 Å². The van der Waals surface area contributed by atoms with Gasteiger partial charge in [-0.1, -0.05) is 620 Å². The zero-order valence-electron chi connectivity index (χ0n) is 82.8. The van der Waals surface area contributed by atoms with Crippen LogP contribution in [0.3, 0.4) is 0 Å². The third-order valence-corrected chi connectivity index (χ3v) is 22.0. The Bertz CT molecular complexity index is 6460. The third kappa shape index (κ3) is 28.7. The summed E-state index contributed by atoms with van der Waals surface area (Å²) < 4.78 is 0. The molecule has 0 nitrogen and oxygen atoms in total. The van der Waals surface area contributed by atoms with Crippen LogP contribution in [0.2, 0.25) is 0 Å². The average Bonchev–Trinajstić information content (AvgIpc) is 0.793. The molecule has 0 heterocycles. The highest BCUT2D eigenvalue weighted by atomic mass is 14.2. The van der Waals surface area contributed by atoms with E-state index in [4.69, 9.17) is 0 Å². The van der Waals surface area contributed by atoms with E-state index >= 15 is 0 Å². The van der Waals surface area contributed by atoms with E-state index in [1.807, 2.05) is 111 Å². The smallest absolute Gasteiger partial charge is 0.0105 e. The van der Waals surface area contributed by atoms with Gasteiger partial charge in [-0.05, 0) is 202 Å². The molecule has 20 rings (SSSR count). The van der Waals surface area contributed by atoms with Crippen molar-refractivity contribution in [3.05, 3.63) is 534 Å². The number of rotatable bonds is 16. The molecule has 0 radical (unpaired) electrons. The van der Waals surface area contributed by atoms with E-state index in [9.17, 15) is 0 Å². The van der Waals surface area contributed by atoms with Gasteiger partial charge >= 0.3 is 0 Å². The number of benzene rings is 20. The van der Waals surface area contributed by atoms with Gasteiger partial charge in [0.1, 0.15) is 0 Å². The lowest BCUT2D eigenvalue weighted by Crippen LogP contribution is -1.88. The molecule has 0 N–H and O–H groups in total. The minimum Gasteiger partial charge on any atom is -0.0683 e. The lowest BCUT2D eigenvalue weighted by atomic mass is 9.90. The highest BCUT2D eigenvalue weighted by Crippen LogP contribution is 2.42. The van der Waals surface area contributed by atoms with E-state index in [-0.39, 0.29) is 0 Å². The molecule has 0 aromatic heterocycles. The van der Waals surface area contributed by atoms with Gasteiger partial charge < -0.3 is 0 Å². The maximum Gasteiger partial charge on any atom is -0.0105 e. The van der Waals surface area contributed by atoms with E-state index in [0.29, 0.717) is 0 Å². The molecule has 0 fully saturated rings. The maximum atomic E-state index is 2.31. The van der Waals surface area contributed by atoms with Gasteiger partial charge in [-0.3, -0.25) is 0 Å². The van der Waals surface area contributed by atoms with E-state index in [1.165, 1.54) is 178 Å². The highest BCUT2D eigenvalue weighted by Gasteiger charge is 2.16. The van der Waals surface area contributed by atoms with Crippen LogP contribution in [0.5, 0.6) is 0 Å². The summed E-state index contributed by atoms with van der Waals surface area (Å²) in [5, 5.41) is 0. The minimum atomic E-state index is 1.23. The van der Waals surface area contributed by atoms with Crippen molar-refractivity contribution in [3.63, 3.8) is 0 Å². The Morgan fingerprint density at radius 2 is 0.154 bits per heavy atom. The molecule has 20 aromatic rings. The first-order valence-corrected chi connectivity index (χ1v) is 49.2. The summed E-state index contributed by atoms with van der Waals surface area (Å²) in [7, 11) is 0. The van der Waals surface area contributed by atoms with Crippen LogP contribution in [0.25, 0.3) is 178 Å². The predicted octanol–water partition coefficient (Wildman–Crippen LogP) is 41.6. The second-order valence-corrected chi connectivity index (χ2v) is 29.7. The van der Waals surface area contributed by atoms with Crippen molar-refractivity contribution in [3.8, 4) is 178 Å². The fourth-order valence-corrected chi connectivity index (χ4v) is 16.0. The Hall–Kier alpha value is -15.6. The normalized spacial score (nSPS) is 9.76. The standard InChI is InChI=1S/4C30H22.8C2H6/c1-3-12-23(13-4-1)27-18-7-9-20-29(27)25-16-11-17-26(22-25)30-21-10-8-19-28(30)24-14-5-2-6-15-24;1-3-11-23(12-4-1)27-15-7-9-17-29(27)25-19-21-26(22-20-25)30-18-10-8-16-28(30)24-13-5-2-6-14-24;1-3-11-23(12-4-1)25-15-9-16-26(21-25)27-17-10-18-28(22-27)30-20-8-7-19-29(30)24-13-5-2-6-14-24;1-3-10-23(11-4-1)27-14-9-15-28(22-27)24-18-20-26(21-19-24)30-17-8-7-16-29(30)25-12-5-2-6-13-25;8*1-2/h4*1-22H;8*1-2H3. The Morgan fingerprint density at radius 1 is 0.0662 bits per heavy atom. The molecule has 20 aromatic carbocycles. The molecular weight excluding hydrogens is 1630 g/mol. The zero-order chi connectivity index (χ0) is 96.7. The fraction of sp³-hybridized carbons (Fsp3) is 0.118. The largest absolute Gasteiger partial charge is 0.0683 e. The quantitative estimate of drug-likeness (QED) is 0.0904. The molecule has 680 valence electrons. The Kier molecular flexibility index (Phi) is 45.2. The lowest BCUT2D eigenvalue weighted by molar-refractivity contribution is 1.50. The molecule has 0 unspecified atom stereocenters. The summed E-state index contributed by atoms with van der Waals surface area (Å²) in [6, 6.07) is 190. The van der Waals surface area contributed by atoms with E-state index in [1.54, 1.807) is 0 Å². The molecule has 0 spiro atoms. The molecule has 0 atom stereocenters. The van der Waals surface area contributed by atoms with Crippen LogP contribution in [0, 0.1) is 0 Å². The van der Waals surface area contributed by atoms with Crippen molar-refractivity contribution in [1.82, 2.24) is 0 Å². The Balaban J connectivity index is 0.000000193. The maximum absolute atomic E-state index is 2.31. The Morgan fingerprint density at radius 3 is 0.324 bits per heavy atom. The van der Waals surface area contributed by atoms with Gasteiger partial charge in [0.15, 0.2) is 0 Å². The second kappa shape index (κ2) is 59.0. The van der Waals surface area contributed by atoms with Crippen molar-refractivity contribution in [2.45, 2.75) is 111 Å². The number of hydrogen-bond acceptors (Lipinski definition) is 0. The van der Waals surface area contributed by atoms with Gasteiger partial charge in [0.2, 0.25) is 0 Å². The topological polar surface area (TPSA) is 0 Å². The summed E-state index contributed by atoms with van der Waals surface area (Å²) in [6.07, 6.45) is 0. The summed E-state index contributed by atoms with van der Waals surface area (Å²) in [5.41, 5.74) is 39.8. The van der Waals surface area contributed by atoms with Crippen LogP contribution < -0.4 is 0 Å². The molecule has 0 heteroatoms. The summed E-state index contributed by atoms with van der Waals surface area (Å²) in [5.74, 6) is 0. The lowest BCUT2D eigenvalue weighted by Gasteiger charge is -2.14. The van der Waals surface area contributed by atoms with Crippen LogP contribution in [0.1, 0.15) is 111 Å². The highest BCUT2D eigenvalue weighted by molar-refractivity contribution is 5.92. The first-order chi connectivity index (χ1) is 67.6. The second-order valence-electron chi connectivity index (χ2n) is 29.7. The molecule has 0 saturated carbocycles. The summed E-state index contributed by atoms with van der Waals surface area (Å²) >= 11 is 0. The summed E-state index contributed by atoms with van der Waals surface area (Å²) in [4.78, 5) is 0. The van der Waals surface area contributed by atoms with Crippen molar-refractivity contribution in [2.24, 2.45) is 0 Å². The van der Waals surface area contributed by atoms with Gasteiger partial charge in [0, 0.05) is 0 Å². The zero-order valence-corrected chi connectivity index (χ0v) is 82.8. The van der Waals surface area contributed by atoms with Gasteiger partial charge in [0.25, 0.3) is 0 Å². The fourth-order valence-electron chi connectivity index (χ4n) is 16.0. The monoisotopic (exact) mass is 1770 g/mol. The molecule has 0 aliphatic heterocycles. The molecule has 0 aliphatic rings. The molecular formula is C136H136. The van der Waals surface area contributed by atoms with Crippen molar-refractivity contribution in [1.29, 1.82) is 0 Å². The van der Waals surface area contributed by atoms with Crippen molar-refractivity contribution < 1.29 is 0 Å². The molecule has 0 aliphatic carbocycles. The van der Waals surface area contributed by atoms with E-state index in [0.717, 1.165) is 0 Å². The van der Waals surface area contributed by atoms with E-state index in [2.05, 4.69) is 534 Å².